The Morgan fingerprint density at radius 2 is 2.20 bits per heavy atom. The first-order chi connectivity index (χ1) is 7.13. The summed E-state index contributed by atoms with van der Waals surface area (Å²) in [5.74, 6) is 1.25. The van der Waals surface area contributed by atoms with Crippen LogP contribution in [0.5, 0.6) is 0 Å². The fraction of sp³-hybridized carbons (Fsp3) is 0.417. The molecular formula is C12H13FOS. The maximum Gasteiger partial charge on any atom is 0.160 e. The van der Waals surface area contributed by atoms with Crippen LogP contribution in [0.25, 0.3) is 0 Å². The number of hydrogen-bond acceptors (Lipinski definition) is 2. The van der Waals surface area contributed by atoms with Crippen LogP contribution < -0.4 is 0 Å². The van der Waals surface area contributed by atoms with E-state index < -0.39 is 5.67 Å². The summed E-state index contributed by atoms with van der Waals surface area (Å²) in [7, 11) is 0. The van der Waals surface area contributed by atoms with Crippen molar-refractivity contribution in [1.29, 1.82) is 0 Å². The van der Waals surface area contributed by atoms with Gasteiger partial charge in [0.15, 0.2) is 5.78 Å². The molecule has 0 aliphatic carbocycles. The Hall–Kier alpha value is -0.830. The molecule has 0 aromatic heterocycles. The lowest BCUT2D eigenvalue weighted by Crippen LogP contribution is -2.22. The fourth-order valence-electron chi connectivity index (χ4n) is 1.93. The summed E-state index contributed by atoms with van der Waals surface area (Å²) >= 11 is 1.61. The molecule has 1 fully saturated rings. The topological polar surface area (TPSA) is 17.1 Å². The summed E-state index contributed by atoms with van der Waals surface area (Å²) in [6, 6.07) is 7.03. The van der Waals surface area contributed by atoms with Crippen LogP contribution in [0.3, 0.4) is 0 Å². The molecule has 0 amide bonds. The lowest BCUT2D eigenvalue weighted by Gasteiger charge is -2.21. The normalized spacial score (nSPS) is 25.5. The highest BCUT2D eigenvalue weighted by atomic mass is 32.2. The number of carbonyl (C=O) groups is 1. The molecule has 0 saturated carbocycles. The van der Waals surface area contributed by atoms with Crippen molar-refractivity contribution in [2.75, 3.05) is 11.5 Å². The summed E-state index contributed by atoms with van der Waals surface area (Å²) in [6.07, 6.45) is 0.516. The van der Waals surface area contributed by atoms with Crippen molar-refractivity contribution >= 4 is 17.5 Å². The van der Waals surface area contributed by atoms with E-state index in [1.807, 2.05) is 0 Å². The highest BCUT2D eigenvalue weighted by Crippen LogP contribution is 2.41. The molecule has 1 aromatic carbocycles. The summed E-state index contributed by atoms with van der Waals surface area (Å²) in [5, 5.41) is 0. The van der Waals surface area contributed by atoms with Crippen molar-refractivity contribution in [3.63, 3.8) is 0 Å². The van der Waals surface area contributed by atoms with E-state index >= 15 is 0 Å². The van der Waals surface area contributed by atoms with Crippen molar-refractivity contribution in [2.24, 2.45) is 0 Å². The number of halogens is 1. The highest BCUT2D eigenvalue weighted by molar-refractivity contribution is 7.99. The Balaban J connectivity index is 2.47. The molecule has 0 N–H and O–H groups in total. The number of Topliss-reactive ketones (excluding diaryl/α,β-unsaturated/α-hetero) is 1. The highest BCUT2D eigenvalue weighted by Gasteiger charge is 2.38. The molecule has 0 bridgehead atoms. The molecule has 80 valence electrons. The average Bonchev–Trinajstić information content (AvgIpc) is 2.66. The standard InChI is InChI=1S/C12H13FOS/c1-9(14)10-4-2-3-5-11(10)12(13)6-7-15-8-12/h2-5H,6-8H2,1H3. The number of carbonyl (C=O) groups excluding carboxylic acids is 1. The molecule has 1 unspecified atom stereocenters. The molecule has 2 rings (SSSR count). The number of benzene rings is 1. The van der Waals surface area contributed by atoms with E-state index in [2.05, 4.69) is 0 Å². The number of rotatable bonds is 2. The van der Waals surface area contributed by atoms with E-state index in [9.17, 15) is 9.18 Å². The smallest absolute Gasteiger partial charge is 0.160 e. The Morgan fingerprint density at radius 3 is 2.80 bits per heavy atom. The minimum absolute atomic E-state index is 0.0560. The molecule has 1 heterocycles. The summed E-state index contributed by atoms with van der Waals surface area (Å²) in [5.41, 5.74) is -0.197. The molecule has 1 atom stereocenters. The molecule has 1 aliphatic heterocycles. The van der Waals surface area contributed by atoms with Gasteiger partial charge in [-0.3, -0.25) is 4.79 Å². The van der Waals surface area contributed by atoms with Gasteiger partial charge in [0, 0.05) is 16.9 Å². The van der Waals surface area contributed by atoms with Crippen LogP contribution in [0.4, 0.5) is 4.39 Å². The molecule has 1 saturated heterocycles. The van der Waals surface area contributed by atoms with Crippen LogP contribution in [-0.2, 0) is 5.67 Å². The first-order valence-electron chi connectivity index (χ1n) is 5.00. The zero-order valence-electron chi connectivity index (χ0n) is 8.63. The van der Waals surface area contributed by atoms with Crippen LogP contribution in [0.2, 0.25) is 0 Å². The Bertz CT molecular complexity index is 383. The van der Waals surface area contributed by atoms with Gasteiger partial charge in [-0.05, 0) is 19.1 Å². The number of ketones is 1. The average molecular weight is 224 g/mol. The van der Waals surface area contributed by atoms with Crippen molar-refractivity contribution < 1.29 is 9.18 Å². The zero-order valence-corrected chi connectivity index (χ0v) is 9.44. The largest absolute Gasteiger partial charge is 0.294 e. The van der Waals surface area contributed by atoms with Crippen LogP contribution in [0.1, 0.15) is 29.3 Å². The lowest BCUT2D eigenvalue weighted by atomic mass is 9.89. The van der Waals surface area contributed by atoms with E-state index in [1.165, 1.54) is 6.92 Å². The Morgan fingerprint density at radius 1 is 1.47 bits per heavy atom. The third kappa shape index (κ3) is 1.93. The van der Waals surface area contributed by atoms with Gasteiger partial charge in [0.1, 0.15) is 5.67 Å². The van der Waals surface area contributed by atoms with Crippen LogP contribution in [0.15, 0.2) is 24.3 Å². The van der Waals surface area contributed by atoms with Gasteiger partial charge in [-0.1, -0.05) is 24.3 Å². The van der Waals surface area contributed by atoms with Gasteiger partial charge >= 0.3 is 0 Å². The van der Waals surface area contributed by atoms with Crippen LogP contribution in [0, 0.1) is 0 Å². The number of hydrogen-bond donors (Lipinski definition) is 0. The van der Waals surface area contributed by atoms with E-state index in [1.54, 1.807) is 36.0 Å². The monoisotopic (exact) mass is 224 g/mol. The molecule has 0 spiro atoms. The van der Waals surface area contributed by atoms with Gasteiger partial charge in [0.05, 0.1) is 0 Å². The maximum absolute atomic E-state index is 14.5. The second-order valence-electron chi connectivity index (χ2n) is 3.87. The Labute approximate surface area is 93.1 Å². The molecule has 1 aromatic rings. The molecule has 0 radical (unpaired) electrons. The third-order valence-corrected chi connectivity index (χ3v) is 3.92. The zero-order chi connectivity index (χ0) is 10.9. The summed E-state index contributed by atoms with van der Waals surface area (Å²) < 4.78 is 14.5. The van der Waals surface area contributed by atoms with Gasteiger partial charge in [0.25, 0.3) is 0 Å². The molecule has 1 nitrogen and oxygen atoms in total. The molecule has 15 heavy (non-hydrogen) atoms. The lowest BCUT2D eigenvalue weighted by molar-refractivity contribution is 0.100. The predicted molar refractivity (Wildman–Crippen MR) is 61.2 cm³/mol. The minimum atomic E-state index is -1.30. The van der Waals surface area contributed by atoms with Crippen LogP contribution in [-0.4, -0.2) is 17.3 Å². The molecular weight excluding hydrogens is 211 g/mol. The van der Waals surface area contributed by atoms with Crippen molar-refractivity contribution in [1.82, 2.24) is 0 Å². The SMILES string of the molecule is CC(=O)c1ccccc1C1(F)CCSC1. The number of alkyl halides is 1. The first-order valence-corrected chi connectivity index (χ1v) is 6.16. The fourth-order valence-corrected chi connectivity index (χ4v) is 3.17. The Kier molecular flexibility index (Phi) is 2.83. The van der Waals surface area contributed by atoms with Crippen LogP contribution >= 0.6 is 11.8 Å². The van der Waals surface area contributed by atoms with Crippen molar-refractivity contribution in [2.45, 2.75) is 19.0 Å². The van der Waals surface area contributed by atoms with E-state index in [4.69, 9.17) is 0 Å². The van der Waals surface area contributed by atoms with Gasteiger partial charge in [-0.2, -0.15) is 11.8 Å². The maximum atomic E-state index is 14.5. The minimum Gasteiger partial charge on any atom is -0.294 e. The predicted octanol–water partition coefficient (Wildman–Crippen LogP) is 3.19. The number of thioether (sulfide) groups is 1. The summed E-state index contributed by atoms with van der Waals surface area (Å²) in [4.78, 5) is 11.4. The van der Waals surface area contributed by atoms with E-state index in [0.717, 1.165) is 5.75 Å². The quantitative estimate of drug-likeness (QED) is 0.718. The van der Waals surface area contributed by atoms with Gasteiger partial charge in [-0.25, -0.2) is 4.39 Å². The summed E-state index contributed by atoms with van der Waals surface area (Å²) in [6.45, 7) is 1.49. The van der Waals surface area contributed by atoms with Gasteiger partial charge in [0.2, 0.25) is 0 Å². The van der Waals surface area contributed by atoms with E-state index in [0.29, 0.717) is 23.3 Å². The first kappa shape index (κ1) is 10.7. The third-order valence-electron chi connectivity index (χ3n) is 2.76. The molecule has 3 heteroatoms. The second-order valence-corrected chi connectivity index (χ2v) is 4.97. The van der Waals surface area contributed by atoms with Crippen molar-refractivity contribution in [3.8, 4) is 0 Å². The van der Waals surface area contributed by atoms with E-state index in [-0.39, 0.29) is 5.78 Å². The second kappa shape index (κ2) is 3.97. The van der Waals surface area contributed by atoms with Crippen molar-refractivity contribution in [3.05, 3.63) is 35.4 Å². The van der Waals surface area contributed by atoms with Gasteiger partial charge in [-0.15, -0.1) is 0 Å². The molecule has 1 aliphatic rings. The van der Waals surface area contributed by atoms with Gasteiger partial charge < -0.3 is 0 Å².